The van der Waals surface area contributed by atoms with Crippen molar-refractivity contribution in [2.24, 2.45) is 0 Å². The predicted molar refractivity (Wildman–Crippen MR) is 34.1 cm³/mol. The molecule has 0 aromatic rings. The number of carbonyl (C=O) groups excluding carboxylic acids is 1. The summed E-state index contributed by atoms with van der Waals surface area (Å²) in [5.74, 6) is 0. The van der Waals surface area contributed by atoms with Crippen LogP contribution in [0.25, 0.3) is 0 Å². The van der Waals surface area contributed by atoms with Gasteiger partial charge in [0.1, 0.15) is 6.10 Å². The first kappa shape index (κ1) is 6.12. The van der Waals surface area contributed by atoms with Gasteiger partial charge in [0.15, 0.2) is 0 Å². The van der Waals surface area contributed by atoms with Crippen LogP contribution in [0.4, 0.5) is 0 Å². The average Bonchev–Trinajstić information content (AvgIpc) is 2.26. The Morgan fingerprint density at radius 3 is 3.30 bits per heavy atom. The largest absolute Gasteiger partial charge is 0.461 e. The van der Waals surface area contributed by atoms with Crippen LogP contribution in [0.5, 0.6) is 0 Å². The molecule has 56 valence electrons. The standard InChI is InChI=1S/C6H10N2O2/c9-4-10-6-3-8-5(6)1-2-7-8/h4-7H,1-3H2. The number of ether oxygens (including phenoxy) is 1. The third-order valence-corrected chi connectivity index (χ3v) is 2.19. The first-order valence-corrected chi connectivity index (χ1v) is 3.51. The minimum atomic E-state index is 0.146. The maximum absolute atomic E-state index is 9.94. The second kappa shape index (κ2) is 2.21. The van der Waals surface area contributed by atoms with Crippen molar-refractivity contribution >= 4 is 6.47 Å². The molecule has 0 amide bonds. The first-order chi connectivity index (χ1) is 4.92. The fourth-order valence-corrected chi connectivity index (χ4v) is 1.60. The summed E-state index contributed by atoms with van der Waals surface area (Å²) < 4.78 is 4.83. The van der Waals surface area contributed by atoms with Gasteiger partial charge in [0.2, 0.25) is 0 Å². The Balaban J connectivity index is 1.88. The van der Waals surface area contributed by atoms with E-state index in [0.717, 1.165) is 19.5 Å². The van der Waals surface area contributed by atoms with Crippen molar-refractivity contribution in [2.45, 2.75) is 18.6 Å². The number of rotatable bonds is 2. The molecule has 2 aliphatic rings. The van der Waals surface area contributed by atoms with Crippen LogP contribution in [0, 0.1) is 0 Å². The van der Waals surface area contributed by atoms with Gasteiger partial charge in [-0.3, -0.25) is 10.2 Å². The van der Waals surface area contributed by atoms with E-state index >= 15 is 0 Å². The van der Waals surface area contributed by atoms with Crippen molar-refractivity contribution in [3.05, 3.63) is 0 Å². The molecule has 2 fully saturated rings. The van der Waals surface area contributed by atoms with E-state index in [2.05, 4.69) is 10.4 Å². The molecular weight excluding hydrogens is 132 g/mol. The summed E-state index contributed by atoms with van der Waals surface area (Å²) in [6.45, 7) is 2.41. The number of hydrogen-bond acceptors (Lipinski definition) is 4. The topological polar surface area (TPSA) is 41.6 Å². The lowest BCUT2D eigenvalue weighted by atomic mass is 10.0. The minimum Gasteiger partial charge on any atom is -0.461 e. The normalized spacial score (nSPS) is 38.4. The van der Waals surface area contributed by atoms with Crippen molar-refractivity contribution in [2.75, 3.05) is 13.1 Å². The molecule has 1 N–H and O–H groups in total. The zero-order chi connectivity index (χ0) is 6.97. The summed E-state index contributed by atoms with van der Waals surface area (Å²) in [6.07, 6.45) is 1.24. The Morgan fingerprint density at radius 2 is 2.60 bits per heavy atom. The highest BCUT2D eigenvalue weighted by Crippen LogP contribution is 2.24. The minimum absolute atomic E-state index is 0.146. The summed E-state index contributed by atoms with van der Waals surface area (Å²) >= 11 is 0. The molecular formula is C6H10N2O2. The van der Waals surface area contributed by atoms with Crippen LogP contribution < -0.4 is 5.43 Å². The molecule has 0 saturated carbocycles. The molecule has 0 aromatic carbocycles. The highest BCUT2D eigenvalue weighted by Gasteiger charge is 2.43. The molecule has 4 heteroatoms. The Bertz CT molecular complexity index is 151. The Hall–Kier alpha value is -0.610. The van der Waals surface area contributed by atoms with Gasteiger partial charge in [0, 0.05) is 6.54 Å². The molecule has 10 heavy (non-hydrogen) atoms. The van der Waals surface area contributed by atoms with Crippen LogP contribution in [0.1, 0.15) is 6.42 Å². The molecule has 0 spiro atoms. The van der Waals surface area contributed by atoms with E-state index < -0.39 is 0 Å². The van der Waals surface area contributed by atoms with Gasteiger partial charge in [-0.1, -0.05) is 0 Å². The van der Waals surface area contributed by atoms with Crippen molar-refractivity contribution < 1.29 is 9.53 Å². The molecule has 2 rings (SSSR count). The third kappa shape index (κ3) is 0.726. The van der Waals surface area contributed by atoms with E-state index in [1.165, 1.54) is 0 Å². The van der Waals surface area contributed by atoms with E-state index in [1.54, 1.807) is 0 Å². The molecule has 2 heterocycles. The Labute approximate surface area is 59.1 Å². The molecule has 2 atom stereocenters. The van der Waals surface area contributed by atoms with E-state index in [1.807, 2.05) is 0 Å². The molecule has 4 nitrogen and oxygen atoms in total. The second-order valence-electron chi connectivity index (χ2n) is 2.69. The van der Waals surface area contributed by atoms with Crippen LogP contribution in [0.15, 0.2) is 0 Å². The zero-order valence-electron chi connectivity index (χ0n) is 5.62. The molecule has 0 radical (unpaired) electrons. The highest BCUT2D eigenvalue weighted by atomic mass is 16.5. The van der Waals surface area contributed by atoms with Gasteiger partial charge in [-0.2, -0.15) is 0 Å². The van der Waals surface area contributed by atoms with Crippen LogP contribution in [0.3, 0.4) is 0 Å². The third-order valence-electron chi connectivity index (χ3n) is 2.19. The van der Waals surface area contributed by atoms with Gasteiger partial charge in [-0.15, -0.1) is 0 Å². The smallest absolute Gasteiger partial charge is 0.293 e. The molecule has 2 unspecified atom stereocenters. The Morgan fingerprint density at radius 1 is 1.70 bits per heavy atom. The van der Waals surface area contributed by atoms with Gasteiger partial charge in [-0.25, -0.2) is 5.01 Å². The summed E-state index contributed by atoms with van der Waals surface area (Å²) in [6, 6.07) is 0.449. The number of hydrogen-bond donors (Lipinski definition) is 1. The lowest BCUT2D eigenvalue weighted by Gasteiger charge is -2.40. The van der Waals surface area contributed by atoms with Crippen molar-refractivity contribution in [3.63, 3.8) is 0 Å². The lowest BCUT2D eigenvalue weighted by molar-refractivity contribution is -0.149. The maximum Gasteiger partial charge on any atom is 0.293 e. The van der Waals surface area contributed by atoms with Gasteiger partial charge in [0.05, 0.1) is 12.6 Å². The Kier molecular flexibility index (Phi) is 1.35. The number of carbonyl (C=O) groups is 1. The van der Waals surface area contributed by atoms with Crippen LogP contribution >= 0.6 is 0 Å². The number of nitrogens with one attached hydrogen (secondary N) is 1. The van der Waals surface area contributed by atoms with Gasteiger partial charge in [-0.05, 0) is 6.42 Å². The summed E-state index contributed by atoms with van der Waals surface area (Å²) in [7, 11) is 0. The van der Waals surface area contributed by atoms with Crippen LogP contribution in [0.2, 0.25) is 0 Å². The quantitative estimate of drug-likeness (QED) is 0.508. The number of nitrogens with zero attached hydrogens (tertiary/aromatic N) is 1. The SMILES string of the molecule is O=COC1CN2NCCC12. The van der Waals surface area contributed by atoms with Crippen molar-refractivity contribution in [1.82, 2.24) is 10.4 Å². The van der Waals surface area contributed by atoms with Gasteiger partial charge >= 0.3 is 0 Å². The molecule has 2 aliphatic heterocycles. The number of fused-ring (bicyclic) bond motifs is 1. The molecule has 0 bridgehead atoms. The van der Waals surface area contributed by atoms with Crippen LogP contribution in [-0.2, 0) is 9.53 Å². The van der Waals surface area contributed by atoms with E-state index in [-0.39, 0.29) is 6.10 Å². The van der Waals surface area contributed by atoms with E-state index in [4.69, 9.17) is 4.74 Å². The lowest BCUT2D eigenvalue weighted by Crippen LogP contribution is -2.60. The predicted octanol–water partition coefficient (Wildman–Crippen LogP) is -0.880. The maximum atomic E-state index is 9.94. The molecule has 0 aliphatic carbocycles. The van der Waals surface area contributed by atoms with Gasteiger partial charge < -0.3 is 4.74 Å². The number of hydrazine groups is 1. The van der Waals surface area contributed by atoms with Crippen molar-refractivity contribution in [1.29, 1.82) is 0 Å². The van der Waals surface area contributed by atoms with E-state index in [9.17, 15) is 4.79 Å². The molecule has 2 saturated heterocycles. The highest BCUT2D eigenvalue weighted by molar-refractivity contribution is 5.38. The zero-order valence-corrected chi connectivity index (χ0v) is 5.62. The van der Waals surface area contributed by atoms with E-state index in [0.29, 0.717) is 12.5 Å². The second-order valence-corrected chi connectivity index (χ2v) is 2.69. The monoisotopic (exact) mass is 142 g/mol. The van der Waals surface area contributed by atoms with Crippen LogP contribution in [-0.4, -0.2) is 36.7 Å². The fraction of sp³-hybridized carbons (Fsp3) is 0.833. The fourth-order valence-electron chi connectivity index (χ4n) is 1.60. The summed E-state index contributed by atoms with van der Waals surface area (Å²) in [4.78, 5) is 9.94. The first-order valence-electron chi connectivity index (χ1n) is 3.51. The average molecular weight is 142 g/mol. The van der Waals surface area contributed by atoms with Crippen molar-refractivity contribution in [3.8, 4) is 0 Å². The van der Waals surface area contributed by atoms with Gasteiger partial charge in [0.25, 0.3) is 6.47 Å². The molecule has 0 aromatic heterocycles. The summed E-state index contributed by atoms with van der Waals surface area (Å²) in [5.41, 5.74) is 3.18. The summed E-state index contributed by atoms with van der Waals surface area (Å²) in [5, 5.41) is 2.12.